The molecule has 1 heterocycles. The zero-order valence-electron chi connectivity index (χ0n) is 14.2. The van der Waals surface area contributed by atoms with Crippen molar-refractivity contribution in [2.75, 3.05) is 6.54 Å². The van der Waals surface area contributed by atoms with Gasteiger partial charge >= 0.3 is 0 Å². The van der Waals surface area contributed by atoms with Crippen LogP contribution in [-0.2, 0) is 6.54 Å². The van der Waals surface area contributed by atoms with Crippen LogP contribution < -0.4 is 5.32 Å². The lowest BCUT2D eigenvalue weighted by atomic mass is 9.89. The number of nitrogens with zero attached hydrogens (tertiary/aromatic N) is 2. The first-order valence-corrected chi connectivity index (χ1v) is 8.91. The van der Waals surface area contributed by atoms with Crippen molar-refractivity contribution in [1.82, 2.24) is 15.1 Å². The van der Waals surface area contributed by atoms with Crippen molar-refractivity contribution in [3.05, 3.63) is 17.0 Å². The Labute approximate surface area is 129 Å². The fourth-order valence-electron chi connectivity index (χ4n) is 4.91. The summed E-state index contributed by atoms with van der Waals surface area (Å²) in [5.41, 5.74) is 4.06. The SMILES string of the molecule is CCNC(CC)c1c(C)nn(CC2CC3CCC2C3)c1C. The van der Waals surface area contributed by atoms with Crippen LogP contribution in [0, 0.1) is 31.6 Å². The molecule has 0 aliphatic heterocycles. The van der Waals surface area contributed by atoms with E-state index in [4.69, 9.17) is 5.10 Å². The number of aromatic nitrogens is 2. The Bertz CT molecular complexity index is 491. The maximum Gasteiger partial charge on any atom is 0.0644 e. The highest BCUT2D eigenvalue weighted by atomic mass is 15.3. The second-order valence-electron chi connectivity index (χ2n) is 7.22. The smallest absolute Gasteiger partial charge is 0.0644 e. The molecule has 0 radical (unpaired) electrons. The van der Waals surface area contributed by atoms with E-state index in [0.29, 0.717) is 6.04 Å². The van der Waals surface area contributed by atoms with Gasteiger partial charge in [-0.2, -0.15) is 5.10 Å². The summed E-state index contributed by atoms with van der Waals surface area (Å²) in [6.07, 6.45) is 7.03. The third-order valence-electron chi connectivity index (χ3n) is 5.94. The lowest BCUT2D eigenvalue weighted by Gasteiger charge is -2.22. The molecule has 2 aliphatic carbocycles. The van der Waals surface area contributed by atoms with Gasteiger partial charge in [-0.1, -0.05) is 20.3 Å². The van der Waals surface area contributed by atoms with E-state index in [1.807, 2.05) is 0 Å². The molecule has 3 rings (SSSR count). The molecule has 0 saturated heterocycles. The fourth-order valence-corrected chi connectivity index (χ4v) is 4.91. The van der Waals surface area contributed by atoms with E-state index in [2.05, 4.69) is 37.7 Å². The van der Waals surface area contributed by atoms with Crippen molar-refractivity contribution in [2.24, 2.45) is 17.8 Å². The summed E-state index contributed by atoms with van der Waals surface area (Å²) >= 11 is 0. The Hall–Kier alpha value is -0.830. The summed E-state index contributed by atoms with van der Waals surface area (Å²) < 4.78 is 2.32. The molecule has 2 fully saturated rings. The fraction of sp³-hybridized carbons (Fsp3) is 0.833. The molecule has 0 spiro atoms. The van der Waals surface area contributed by atoms with Crippen LogP contribution in [0.25, 0.3) is 0 Å². The van der Waals surface area contributed by atoms with Gasteiger partial charge in [-0.3, -0.25) is 4.68 Å². The normalized spacial score (nSPS) is 29.2. The largest absolute Gasteiger partial charge is 0.310 e. The van der Waals surface area contributed by atoms with Gasteiger partial charge in [-0.15, -0.1) is 0 Å². The van der Waals surface area contributed by atoms with Gasteiger partial charge in [-0.25, -0.2) is 0 Å². The number of hydrogen-bond donors (Lipinski definition) is 1. The number of nitrogens with one attached hydrogen (secondary N) is 1. The Morgan fingerprint density at radius 2 is 2.05 bits per heavy atom. The first kappa shape index (κ1) is 15.1. The molecule has 1 aromatic heterocycles. The Balaban J connectivity index is 1.77. The van der Waals surface area contributed by atoms with E-state index in [0.717, 1.165) is 37.3 Å². The van der Waals surface area contributed by atoms with Gasteiger partial charge in [0.25, 0.3) is 0 Å². The quantitative estimate of drug-likeness (QED) is 0.858. The summed E-state index contributed by atoms with van der Waals surface area (Å²) in [5, 5.41) is 8.50. The van der Waals surface area contributed by atoms with Crippen molar-refractivity contribution in [3.8, 4) is 0 Å². The molecule has 2 saturated carbocycles. The van der Waals surface area contributed by atoms with E-state index >= 15 is 0 Å². The van der Waals surface area contributed by atoms with Crippen molar-refractivity contribution >= 4 is 0 Å². The van der Waals surface area contributed by atoms with Crippen LogP contribution in [0.1, 0.15) is 68.9 Å². The van der Waals surface area contributed by atoms with Crippen molar-refractivity contribution < 1.29 is 0 Å². The van der Waals surface area contributed by atoms with Crippen LogP contribution in [0.4, 0.5) is 0 Å². The minimum Gasteiger partial charge on any atom is -0.310 e. The Morgan fingerprint density at radius 1 is 1.24 bits per heavy atom. The predicted molar refractivity (Wildman–Crippen MR) is 87.3 cm³/mol. The zero-order valence-corrected chi connectivity index (χ0v) is 14.2. The molecule has 118 valence electrons. The number of fused-ring (bicyclic) bond motifs is 2. The summed E-state index contributed by atoms with van der Waals surface area (Å²) in [4.78, 5) is 0. The van der Waals surface area contributed by atoms with Gasteiger partial charge in [0.15, 0.2) is 0 Å². The molecule has 4 atom stereocenters. The van der Waals surface area contributed by atoms with Gasteiger partial charge < -0.3 is 5.32 Å². The van der Waals surface area contributed by atoms with Crippen LogP contribution in [-0.4, -0.2) is 16.3 Å². The molecule has 0 amide bonds. The number of hydrogen-bond acceptors (Lipinski definition) is 2. The maximum atomic E-state index is 4.89. The molecule has 1 N–H and O–H groups in total. The van der Waals surface area contributed by atoms with Crippen LogP contribution in [0.2, 0.25) is 0 Å². The first-order valence-electron chi connectivity index (χ1n) is 8.91. The molecule has 2 bridgehead atoms. The van der Waals surface area contributed by atoms with Crippen molar-refractivity contribution in [1.29, 1.82) is 0 Å². The van der Waals surface area contributed by atoms with Crippen molar-refractivity contribution in [2.45, 2.75) is 72.4 Å². The molecule has 1 aromatic rings. The monoisotopic (exact) mass is 289 g/mol. The highest BCUT2D eigenvalue weighted by molar-refractivity contribution is 5.28. The highest BCUT2D eigenvalue weighted by Crippen LogP contribution is 2.49. The Morgan fingerprint density at radius 3 is 2.62 bits per heavy atom. The minimum absolute atomic E-state index is 0.462. The van der Waals surface area contributed by atoms with E-state index in [-0.39, 0.29) is 0 Å². The lowest BCUT2D eigenvalue weighted by Crippen LogP contribution is -2.22. The standard InChI is InChI=1S/C18H31N3/c1-5-17(19-6-2)18-12(3)20-21(13(18)4)11-16-10-14-7-8-15(16)9-14/h14-17,19H,5-11H2,1-4H3. The molecule has 2 aliphatic rings. The van der Waals surface area contributed by atoms with E-state index in [1.165, 1.54) is 42.6 Å². The molecular weight excluding hydrogens is 258 g/mol. The van der Waals surface area contributed by atoms with E-state index in [1.54, 1.807) is 0 Å². The molecule has 3 heteroatoms. The second kappa shape index (κ2) is 6.12. The number of aryl methyl sites for hydroxylation is 1. The maximum absolute atomic E-state index is 4.89. The van der Waals surface area contributed by atoms with Gasteiger partial charge in [0.1, 0.15) is 0 Å². The molecule has 21 heavy (non-hydrogen) atoms. The summed E-state index contributed by atoms with van der Waals surface area (Å²) in [6.45, 7) is 11.1. The first-order chi connectivity index (χ1) is 10.1. The molecular formula is C18H31N3. The van der Waals surface area contributed by atoms with Crippen LogP contribution in [0.5, 0.6) is 0 Å². The third kappa shape index (κ3) is 2.77. The van der Waals surface area contributed by atoms with Crippen LogP contribution >= 0.6 is 0 Å². The van der Waals surface area contributed by atoms with Gasteiger partial charge in [0, 0.05) is 23.8 Å². The Kier molecular flexibility index (Phi) is 4.39. The van der Waals surface area contributed by atoms with Gasteiger partial charge in [-0.05, 0) is 63.8 Å². The van der Waals surface area contributed by atoms with Crippen molar-refractivity contribution in [3.63, 3.8) is 0 Å². The van der Waals surface area contributed by atoms with E-state index in [9.17, 15) is 0 Å². The second-order valence-corrected chi connectivity index (χ2v) is 7.22. The average Bonchev–Trinajstić information content (AvgIpc) is 3.14. The highest BCUT2D eigenvalue weighted by Gasteiger charge is 2.39. The van der Waals surface area contributed by atoms with Crippen LogP contribution in [0.15, 0.2) is 0 Å². The minimum atomic E-state index is 0.462. The number of rotatable bonds is 6. The summed E-state index contributed by atoms with van der Waals surface area (Å²) in [7, 11) is 0. The summed E-state index contributed by atoms with van der Waals surface area (Å²) in [6, 6.07) is 0.462. The summed E-state index contributed by atoms with van der Waals surface area (Å²) in [5.74, 6) is 2.90. The molecule has 4 unspecified atom stereocenters. The predicted octanol–water partition coefficient (Wildman–Crippen LogP) is 4.00. The van der Waals surface area contributed by atoms with E-state index < -0.39 is 0 Å². The van der Waals surface area contributed by atoms with Crippen LogP contribution in [0.3, 0.4) is 0 Å². The van der Waals surface area contributed by atoms with Gasteiger partial charge in [0.05, 0.1) is 5.69 Å². The topological polar surface area (TPSA) is 29.9 Å². The molecule has 3 nitrogen and oxygen atoms in total. The third-order valence-corrected chi connectivity index (χ3v) is 5.94. The molecule has 0 aromatic carbocycles. The van der Waals surface area contributed by atoms with Gasteiger partial charge in [0.2, 0.25) is 0 Å². The average molecular weight is 289 g/mol. The zero-order chi connectivity index (χ0) is 15.0. The lowest BCUT2D eigenvalue weighted by molar-refractivity contribution is 0.283.